The van der Waals surface area contributed by atoms with Crippen LogP contribution in [-0.4, -0.2) is 66.9 Å². The van der Waals surface area contributed by atoms with Crippen molar-refractivity contribution >= 4 is 46.1 Å². The zero-order valence-electron chi connectivity index (χ0n) is 19.0. The van der Waals surface area contributed by atoms with E-state index in [0.29, 0.717) is 30.2 Å². The number of esters is 1. The normalized spacial score (nSPS) is 14.4. The van der Waals surface area contributed by atoms with Gasteiger partial charge >= 0.3 is 5.97 Å². The lowest BCUT2D eigenvalue weighted by atomic mass is 10.2. The Kier molecular flexibility index (Phi) is 8.10. The number of benzene rings is 1. The molecule has 1 N–H and O–H groups in total. The molecular formula is C25H27N3O4S2. The van der Waals surface area contributed by atoms with E-state index in [1.807, 2.05) is 63.0 Å². The molecular weight excluding hydrogens is 470 g/mol. The third-order valence-corrected chi connectivity index (χ3v) is 7.38. The van der Waals surface area contributed by atoms with Gasteiger partial charge in [-0.15, -0.1) is 11.3 Å². The number of nitrogens with one attached hydrogen (secondary N) is 1. The molecule has 2 amide bonds. The molecule has 1 aliphatic rings. The lowest BCUT2D eigenvalue weighted by Crippen LogP contribution is -2.38. The van der Waals surface area contributed by atoms with E-state index in [9.17, 15) is 14.4 Å². The van der Waals surface area contributed by atoms with Gasteiger partial charge < -0.3 is 15.0 Å². The van der Waals surface area contributed by atoms with Crippen LogP contribution in [0.15, 0.2) is 53.2 Å². The van der Waals surface area contributed by atoms with E-state index in [-0.39, 0.29) is 25.0 Å². The first-order chi connectivity index (χ1) is 16.5. The van der Waals surface area contributed by atoms with Crippen LogP contribution >= 0.6 is 22.7 Å². The van der Waals surface area contributed by atoms with Crippen molar-refractivity contribution < 1.29 is 19.1 Å². The molecule has 1 saturated heterocycles. The van der Waals surface area contributed by atoms with Gasteiger partial charge in [0.05, 0.1) is 24.4 Å². The largest absolute Gasteiger partial charge is 0.462 e. The Bertz CT molecular complexity index is 1130. The van der Waals surface area contributed by atoms with Crippen LogP contribution in [0.1, 0.15) is 33.4 Å². The molecule has 2 aromatic heterocycles. The minimum atomic E-state index is -0.442. The van der Waals surface area contributed by atoms with Crippen molar-refractivity contribution in [1.29, 1.82) is 0 Å². The summed E-state index contributed by atoms with van der Waals surface area (Å²) in [7, 11) is 0. The number of carbonyl (C=O) groups is 3. The van der Waals surface area contributed by atoms with Crippen molar-refractivity contribution in [3.8, 4) is 10.4 Å². The summed E-state index contributed by atoms with van der Waals surface area (Å²) in [5, 5.41) is 6.68. The summed E-state index contributed by atoms with van der Waals surface area (Å²) in [5.74, 6) is -0.596. The third-order valence-electron chi connectivity index (χ3n) is 5.54. The van der Waals surface area contributed by atoms with Crippen molar-refractivity contribution in [3.63, 3.8) is 0 Å². The molecule has 0 radical (unpaired) electrons. The molecule has 0 unspecified atom stereocenters. The van der Waals surface area contributed by atoms with Crippen LogP contribution in [0.5, 0.6) is 0 Å². The average Bonchev–Trinajstić information content (AvgIpc) is 3.46. The summed E-state index contributed by atoms with van der Waals surface area (Å²) >= 11 is 2.82. The van der Waals surface area contributed by atoms with Gasteiger partial charge in [-0.05, 0) is 36.4 Å². The van der Waals surface area contributed by atoms with Crippen molar-refractivity contribution in [1.82, 2.24) is 9.80 Å². The summed E-state index contributed by atoms with van der Waals surface area (Å²) < 4.78 is 5.20. The first kappa shape index (κ1) is 24.1. The van der Waals surface area contributed by atoms with Crippen molar-refractivity contribution in [2.24, 2.45) is 0 Å². The number of rotatable bonds is 7. The Hall–Kier alpha value is -3.01. The van der Waals surface area contributed by atoms with Crippen LogP contribution in [-0.2, 0) is 9.53 Å². The van der Waals surface area contributed by atoms with E-state index >= 15 is 0 Å². The Morgan fingerprint density at radius 2 is 1.88 bits per heavy atom. The standard InChI is InChI=1S/C25H27N3O4S2/c1-2-32-25(31)23-20(15-21(34-23)18-7-4-3-5-8-18)26-22(29)16-27-10-6-11-28(13-12-27)24(30)19-9-14-33-17-19/h3-5,7-9,14-15,17H,2,6,10-13,16H2,1H3,(H,26,29). The van der Waals surface area contributed by atoms with Gasteiger partial charge in [0.2, 0.25) is 5.91 Å². The highest BCUT2D eigenvalue weighted by atomic mass is 32.1. The smallest absolute Gasteiger partial charge is 0.350 e. The van der Waals surface area contributed by atoms with E-state index < -0.39 is 5.97 Å². The van der Waals surface area contributed by atoms with E-state index in [1.165, 1.54) is 22.7 Å². The Morgan fingerprint density at radius 3 is 2.62 bits per heavy atom. The fourth-order valence-electron chi connectivity index (χ4n) is 3.87. The summed E-state index contributed by atoms with van der Waals surface area (Å²) in [5.41, 5.74) is 2.16. The molecule has 0 atom stereocenters. The fourth-order valence-corrected chi connectivity index (χ4v) is 5.51. The SMILES string of the molecule is CCOC(=O)c1sc(-c2ccccc2)cc1NC(=O)CN1CCCN(C(=O)c2ccsc2)CC1. The fraction of sp³-hybridized carbons (Fsp3) is 0.320. The van der Waals surface area contributed by atoms with Gasteiger partial charge in [-0.2, -0.15) is 11.3 Å². The predicted molar refractivity (Wildman–Crippen MR) is 136 cm³/mol. The summed E-state index contributed by atoms with van der Waals surface area (Å²) in [6.07, 6.45) is 0.799. The van der Waals surface area contributed by atoms with Crippen molar-refractivity contribution in [2.45, 2.75) is 13.3 Å². The second-order valence-electron chi connectivity index (χ2n) is 7.92. The topological polar surface area (TPSA) is 79.0 Å². The van der Waals surface area contributed by atoms with E-state index in [4.69, 9.17) is 4.74 Å². The summed E-state index contributed by atoms with van der Waals surface area (Å²) in [4.78, 5) is 43.2. The van der Waals surface area contributed by atoms with E-state index in [2.05, 4.69) is 5.32 Å². The quantitative estimate of drug-likeness (QED) is 0.488. The van der Waals surface area contributed by atoms with Gasteiger partial charge in [0, 0.05) is 36.4 Å². The van der Waals surface area contributed by atoms with Crippen LogP contribution < -0.4 is 5.32 Å². The van der Waals surface area contributed by atoms with Crippen molar-refractivity contribution in [2.75, 3.05) is 44.6 Å². The van der Waals surface area contributed by atoms with Gasteiger partial charge in [0.25, 0.3) is 5.91 Å². The van der Waals surface area contributed by atoms with Gasteiger partial charge in [0.15, 0.2) is 0 Å². The van der Waals surface area contributed by atoms with E-state index in [1.54, 1.807) is 6.92 Å². The molecule has 1 aromatic carbocycles. The molecule has 0 bridgehead atoms. The molecule has 1 fully saturated rings. The second kappa shape index (κ2) is 11.4. The number of nitrogens with zero attached hydrogens (tertiary/aromatic N) is 2. The molecule has 34 heavy (non-hydrogen) atoms. The Labute approximate surface area is 207 Å². The molecule has 3 aromatic rings. The number of thiophene rings is 2. The zero-order chi connectivity index (χ0) is 23.9. The van der Waals surface area contributed by atoms with Crippen LogP contribution in [0, 0.1) is 0 Å². The first-order valence-corrected chi connectivity index (χ1v) is 13.0. The summed E-state index contributed by atoms with van der Waals surface area (Å²) in [6, 6.07) is 13.4. The summed E-state index contributed by atoms with van der Waals surface area (Å²) in [6.45, 7) is 4.81. The van der Waals surface area contributed by atoms with Crippen LogP contribution in [0.2, 0.25) is 0 Å². The number of amides is 2. The van der Waals surface area contributed by atoms with Crippen LogP contribution in [0.4, 0.5) is 5.69 Å². The second-order valence-corrected chi connectivity index (χ2v) is 9.75. The van der Waals surface area contributed by atoms with Crippen LogP contribution in [0.25, 0.3) is 10.4 Å². The number of anilines is 1. The Balaban J connectivity index is 1.40. The average molecular weight is 498 g/mol. The molecule has 0 aliphatic carbocycles. The molecule has 3 heterocycles. The first-order valence-electron chi connectivity index (χ1n) is 11.2. The maximum Gasteiger partial charge on any atom is 0.350 e. The monoisotopic (exact) mass is 497 g/mol. The van der Waals surface area contributed by atoms with Crippen LogP contribution in [0.3, 0.4) is 0 Å². The maximum absolute atomic E-state index is 12.9. The van der Waals surface area contributed by atoms with Gasteiger partial charge in [-0.25, -0.2) is 4.79 Å². The maximum atomic E-state index is 12.9. The molecule has 9 heteroatoms. The van der Waals surface area contributed by atoms with Gasteiger partial charge in [-0.1, -0.05) is 30.3 Å². The van der Waals surface area contributed by atoms with Gasteiger partial charge in [0.1, 0.15) is 4.88 Å². The molecule has 7 nitrogen and oxygen atoms in total. The van der Waals surface area contributed by atoms with E-state index in [0.717, 1.165) is 29.0 Å². The van der Waals surface area contributed by atoms with Gasteiger partial charge in [-0.3, -0.25) is 14.5 Å². The van der Waals surface area contributed by atoms with Crippen molar-refractivity contribution in [3.05, 3.63) is 63.7 Å². The zero-order valence-corrected chi connectivity index (χ0v) is 20.6. The number of hydrogen-bond acceptors (Lipinski definition) is 7. The highest BCUT2D eigenvalue weighted by molar-refractivity contribution is 7.18. The lowest BCUT2D eigenvalue weighted by molar-refractivity contribution is -0.117. The molecule has 0 saturated carbocycles. The molecule has 0 spiro atoms. The minimum absolute atomic E-state index is 0.0401. The highest BCUT2D eigenvalue weighted by Crippen LogP contribution is 2.35. The third kappa shape index (κ3) is 5.91. The lowest BCUT2D eigenvalue weighted by Gasteiger charge is -2.21. The number of ether oxygens (including phenoxy) is 1. The minimum Gasteiger partial charge on any atom is -0.462 e. The highest BCUT2D eigenvalue weighted by Gasteiger charge is 2.24. The number of carbonyl (C=O) groups excluding carboxylic acids is 3. The number of hydrogen-bond donors (Lipinski definition) is 1. The molecule has 4 rings (SSSR count). The molecule has 178 valence electrons. The Morgan fingerprint density at radius 1 is 1.06 bits per heavy atom. The molecule has 1 aliphatic heterocycles. The predicted octanol–water partition coefficient (Wildman–Crippen LogP) is 4.44.